The second-order valence-corrected chi connectivity index (χ2v) is 7.54. The molecule has 0 spiro atoms. The van der Waals surface area contributed by atoms with E-state index in [1.165, 1.54) is 0 Å². The predicted molar refractivity (Wildman–Crippen MR) is 97.2 cm³/mol. The van der Waals surface area contributed by atoms with Gasteiger partial charge in [0.25, 0.3) is 0 Å². The zero-order valence-electron chi connectivity index (χ0n) is 16.2. The number of carbonyl (C=O) groups excluding carboxylic acids is 2. The fraction of sp³-hybridized carbons (Fsp3) is 0.812. The van der Waals surface area contributed by atoms with Crippen LogP contribution in [0.15, 0.2) is 0 Å². The summed E-state index contributed by atoms with van der Waals surface area (Å²) in [6.07, 6.45) is 3.70. The number of nitrogens with two attached hydrogens (primary N) is 1. The first-order valence-corrected chi connectivity index (χ1v) is 10.5. The summed E-state index contributed by atoms with van der Waals surface area (Å²) in [5.41, 5.74) is 5.16. The van der Waals surface area contributed by atoms with Gasteiger partial charge in [0, 0.05) is 13.3 Å². The topological polar surface area (TPSA) is 172 Å². The van der Waals surface area contributed by atoms with E-state index in [1.807, 2.05) is 0 Å². The van der Waals surface area contributed by atoms with Crippen LogP contribution in [-0.2, 0) is 37.5 Å². The van der Waals surface area contributed by atoms with Crippen molar-refractivity contribution in [2.45, 2.75) is 64.5 Å². The number of carbonyl (C=O) groups is 3. The lowest BCUT2D eigenvalue weighted by Crippen LogP contribution is -2.34. The van der Waals surface area contributed by atoms with Crippen LogP contribution in [0.1, 0.15) is 52.4 Å². The molecule has 0 saturated carbocycles. The Bertz CT molecular complexity index is 542. The third kappa shape index (κ3) is 14.5. The van der Waals surface area contributed by atoms with Crippen LogP contribution in [-0.4, -0.2) is 59.9 Å². The van der Waals surface area contributed by atoms with Crippen molar-refractivity contribution in [1.29, 1.82) is 0 Å². The van der Waals surface area contributed by atoms with Crippen molar-refractivity contribution < 1.29 is 47.5 Å². The number of esters is 2. The van der Waals surface area contributed by atoms with E-state index in [0.29, 0.717) is 6.42 Å². The number of ether oxygens (including phenoxy) is 2. The molecule has 0 saturated heterocycles. The molecule has 164 valence electrons. The molecule has 0 heterocycles. The van der Waals surface area contributed by atoms with Gasteiger partial charge in [0.05, 0.1) is 13.2 Å². The fourth-order valence-electron chi connectivity index (χ4n) is 1.90. The van der Waals surface area contributed by atoms with Crippen molar-refractivity contribution in [2.75, 3.05) is 19.8 Å². The molecule has 3 atom stereocenters. The van der Waals surface area contributed by atoms with Crippen molar-refractivity contribution in [1.82, 2.24) is 0 Å². The van der Waals surface area contributed by atoms with Gasteiger partial charge in [0.2, 0.25) is 0 Å². The minimum Gasteiger partial charge on any atom is -0.480 e. The number of phosphoric ester groups is 1. The Morgan fingerprint density at radius 1 is 1.04 bits per heavy atom. The van der Waals surface area contributed by atoms with Crippen molar-refractivity contribution in [3.05, 3.63) is 0 Å². The van der Waals surface area contributed by atoms with Crippen LogP contribution >= 0.6 is 7.82 Å². The molecule has 0 bridgehead atoms. The summed E-state index contributed by atoms with van der Waals surface area (Å²) in [6, 6.07) is -1.51. The molecule has 28 heavy (non-hydrogen) atoms. The highest BCUT2D eigenvalue weighted by Crippen LogP contribution is 2.43. The molecule has 0 aliphatic rings. The first-order valence-electron chi connectivity index (χ1n) is 9.00. The Morgan fingerprint density at radius 2 is 1.64 bits per heavy atom. The minimum atomic E-state index is -4.64. The van der Waals surface area contributed by atoms with Crippen LogP contribution in [0.5, 0.6) is 0 Å². The van der Waals surface area contributed by atoms with E-state index in [9.17, 15) is 23.8 Å². The summed E-state index contributed by atoms with van der Waals surface area (Å²) in [6.45, 7) is 1.51. The molecule has 3 unspecified atom stereocenters. The largest absolute Gasteiger partial charge is 0.480 e. The van der Waals surface area contributed by atoms with Crippen molar-refractivity contribution in [3.63, 3.8) is 0 Å². The van der Waals surface area contributed by atoms with Gasteiger partial charge in [-0.1, -0.05) is 32.6 Å². The van der Waals surface area contributed by atoms with Gasteiger partial charge < -0.3 is 25.2 Å². The van der Waals surface area contributed by atoms with E-state index in [4.69, 9.17) is 20.3 Å². The van der Waals surface area contributed by atoms with Gasteiger partial charge in [-0.15, -0.1) is 0 Å². The molecule has 4 N–H and O–H groups in total. The lowest BCUT2D eigenvalue weighted by atomic mass is 10.1. The summed E-state index contributed by atoms with van der Waals surface area (Å²) in [7, 11) is -4.64. The van der Waals surface area contributed by atoms with Crippen molar-refractivity contribution >= 4 is 25.7 Å². The molecule has 0 aromatic carbocycles. The molecule has 0 aliphatic heterocycles. The zero-order valence-corrected chi connectivity index (χ0v) is 17.1. The average molecular weight is 427 g/mol. The lowest BCUT2D eigenvalue weighted by molar-refractivity contribution is -0.160. The zero-order chi connectivity index (χ0) is 21.6. The Hall–Kier alpha value is -1.52. The van der Waals surface area contributed by atoms with Gasteiger partial charge in [-0.05, 0) is 6.42 Å². The highest BCUT2D eigenvalue weighted by molar-refractivity contribution is 7.47. The van der Waals surface area contributed by atoms with Crippen LogP contribution < -0.4 is 5.73 Å². The maximum absolute atomic E-state index is 11.9. The Balaban J connectivity index is 4.49. The molecule has 0 aliphatic carbocycles. The van der Waals surface area contributed by atoms with Crippen molar-refractivity contribution in [2.24, 2.45) is 5.73 Å². The predicted octanol–water partition coefficient (Wildman–Crippen LogP) is 1.37. The van der Waals surface area contributed by atoms with E-state index < -0.39 is 51.1 Å². The normalized spacial score (nSPS) is 15.3. The average Bonchev–Trinajstić information content (AvgIpc) is 2.61. The van der Waals surface area contributed by atoms with Crippen LogP contribution in [0.3, 0.4) is 0 Å². The molecule has 0 fully saturated rings. The Kier molecular flexibility index (Phi) is 13.7. The summed E-state index contributed by atoms with van der Waals surface area (Å²) in [5, 5.41) is 8.61. The van der Waals surface area contributed by atoms with Crippen LogP contribution in [0.2, 0.25) is 0 Å². The molecular weight excluding hydrogens is 397 g/mol. The first kappa shape index (κ1) is 26.5. The summed E-state index contributed by atoms with van der Waals surface area (Å²) < 4.78 is 30.8. The number of phosphoric acid groups is 1. The van der Waals surface area contributed by atoms with E-state index in [1.54, 1.807) is 0 Å². The van der Waals surface area contributed by atoms with E-state index in [2.05, 4.69) is 16.0 Å². The lowest BCUT2D eigenvalue weighted by Gasteiger charge is -2.20. The van der Waals surface area contributed by atoms with Crippen LogP contribution in [0.25, 0.3) is 0 Å². The monoisotopic (exact) mass is 427 g/mol. The van der Waals surface area contributed by atoms with E-state index in [-0.39, 0.29) is 13.0 Å². The Labute approximate surface area is 164 Å². The number of hydrogen-bond acceptors (Lipinski definition) is 9. The van der Waals surface area contributed by atoms with Crippen molar-refractivity contribution in [3.8, 4) is 0 Å². The smallest absolute Gasteiger partial charge is 0.472 e. The minimum absolute atomic E-state index is 0.154. The third-order valence-electron chi connectivity index (χ3n) is 3.41. The van der Waals surface area contributed by atoms with Gasteiger partial charge in [0.15, 0.2) is 6.10 Å². The molecule has 12 heteroatoms. The van der Waals surface area contributed by atoms with Gasteiger partial charge in [0.1, 0.15) is 12.6 Å². The van der Waals surface area contributed by atoms with Gasteiger partial charge in [-0.2, -0.15) is 0 Å². The van der Waals surface area contributed by atoms with E-state index >= 15 is 0 Å². The quantitative estimate of drug-likeness (QED) is 0.184. The maximum atomic E-state index is 11.9. The van der Waals surface area contributed by atoms with Crippen LogP contribution in [0, 0.1) is 0 Å². The van der Waals surface area contributed by atoms with E-state index in [0.717, 1.165) is 32.6 Å². The highest BCUT2D eigenvalue weighted by Gasteiger charge is 2.27. The van der Waals surface area contributed by atoms with Crippen LogP contribution in [0.4, 0.5) is 0 Å². The molecule has 0 rings (SSSR count). The Morgan fingerprint density at radius 3 is 2.21 bits per heavy atom. The number of rotatable bonds is 16. The number of carboxylic acid groups (broad SMARTS) is 1. The summed E-state index contributed by atoms with van der Waals surface area (Å²) in [4.78, 5) is 42.9. The highest BCUT2D eigenvalue weighted by atomic mass is 31.2. The standard InChI is InChI=1S/C16H30NO10P/c1-3-4-5-6-7-8-15(19)27-13(9-24-12(2)18)10-25-28(22,23)26-11-14(17)16(20)21/h13-14H,3-11,17H2,1-2H3,(H,20,21)(H,22,23). The number of unbranched alkanes of at least 4 members (excludes halogenated alkanes) is 4. The molecule has 11 nitrogen and oxygen atoms in total. The molecule has 0 aromatic heterocycles. The molecule has 0 aromatic rings. The summed E-state index contributed by atoms with van der Waals surface area (Å²) in [5.74, 6) is -2.60. The second-order valence-electron chi connectivity index (χ2n) is 6.08. The maximum Gasteiger partial charge on any atom is 0.472 e. The number of hydrogen-bond donors (Lipinski definition) is 3. The summed E-state index contributed by atoms with van der Waals surface area (Å²) >= 11 is 0. The third-order valence-corrected chi connectivity index (χ3v) is 4.36. The SMILES string of the molecule is CCCCCCCC(=O)OC(COC(C)=O)COP(=O)(O)OCC(N)C(=O)O. The molecule has 0 amide bonds. The van der Waals surface area contributed by atoms with Gasteiger partial charge in [-0.3, -0.25) is 23.4 Å². The van der Waals surface area contributed by atoms with Gasteiger partial charge >= 0.3 is 25.7 Å². The second kappa shape index (κ2) is 14.5. The number of carboxylic acids is 1. The number of aliphatic carboxylic acids is 1. The fourth-order valence-corrected chi connectivity index (χ4v) is 2.68. The molecule has 0 radical (unpaired) electrons. The van der Waals surface area contributed by atoms with Gasteiger partial charge in [-0.25, -0.2) is 4.57 Å². The molecular formula is C16H30NO10P. The first-order chi connectivity index (χ1) is 13.1.